The molecule has 0 aliphatic heterocycles. The second-order valence-electron chi connectivity index (χ2n) is 3.40. The van der Waals surface area contributed by atoms with Crippen LogP contribution in [0.4, 0.5) is 8.78 Å². The minimum Gasteiger partial charge on any atom is -0.346 e. The summed E-state index contributed by atoms with van der Waals surface area (Å²) in [7, 11) is 0. The summed E-state index contributed by atoms with van der Waals surface area (Å²) in [5, 5.41) is 2.28. The van der Waals surface area contributed by atoms with Crippen LogP contribution < -0.4 is 5.32 Å². The van der Waals surface area contributed by atoms with Crippen LogP contribution in [0.5, 0.6) is 0 Å². The summed E-state index contributed by atoms with van der Waals surface area (Å²) >= 11 is 0. The van der Waals surface area contributed by atoms with Crippen molar-refractivity contribution in [2.24, 2.45) is 0 Å². The monoisotopic (exact) mass is 163 g/mol. The first-order valence-corrected chi connectivity index (χ1v) is 3.54. The number of amides is 1. The summed E-state index contributed by atoms with van der Waals surface area (Å²) in [4.78, 5) is 10.7. The van der Waals surface area contributed by atoms with Crippen molar-refractivity contribution in [1.29, 1.82) is 0 Å². The van der Waals surface area contributed by atoms with Crippen LogP contribution in [0.15, 0.2) is 0 Å². The summed E-state index contributed by atoms with van der Waals surface area (Å²) < 4.78 is 24.5. The molecule has 1 aliphatic carbocycles. The zero-order valence-electron chi connectivity index (χ0n) is 6.58. The van der Waals surface area contributed by atoms with E-state index in [4.69, 9.17) is 0 Å². The first-order valence-electron chi connectivity index (χ1n) is 3.54. The van der Waals surface area contributed by atoms with Gasteiger partial charge in [0.15, 0.2) is 0 Å². The highest BCUT2D eigenvalue weighted by Gasteiger charge is 2.43. The summed E-state index contributed by atoms with van der Waals surface area (Å²) in [6.45, 7) is 2.37. The number of carbonyl (C=O) groups is 1. The molecule has 0 unspecified atom stereocenters. The summed E-state index contributed by atoms with van der Waals surface area (Å²) in [5.74, 6) is -4.41. The van der Waals surface area contributed by atoms with Gasteiger partial charge in [-0.05, 0) is 19.8 Å². The second-order valence-corrected chi connectivity index (χ2v) is 3.40. The average molecular weight is 163 g/mol. The van der Waals surface area contributed by atoms with Crippen LogP contribution in [-0.4, -0.2) is 17.4 Å². The molecule has 0 saturated heterocycles. The molecule has 0 aromatic rings. The maximum Gasteiger partial charge on any atom is 0.321 e. The van der Waals surface area contributed by atoms with Crippen molar-refractivity contribution in [2.75, 3.05) is 0 Å². The Kier molecular flexibility index (Phi) is 1.65. The lowest BCUT2D eigenvalue weighted by Crippen LogP contribution is -2.43. The van der Waals surface area contributed by atoms with E-state index in [0.717, 1.165) is 12.8 Å². The maximum absolute atomic E-state index is 12.3. The van der Waals surface area contributed by atoms with E-state index < -0.39 is 11.8 Å². The third-order valence-corrected chi connectivity index (χ3v) is 1.81. The molecule has 64 valence electrons. The second kappa shape index (κ2) is 2.16. The third-order valence-electron chi connectivity index (χ3n) is 1.81. The predicted molar refractivity (Wildman–Crippen MR) is 36.4 cm³/mol. The number of rotatable bonds is 2. The predicted octanol–water partition coefficient (Wildman–Crippen LogP) is 1.31. The number of halogens is 2. The summed E-state index contributed by atoms with van der Waals surface area (Å²) in [6.07, 6.45) is 1.60. The van der Waals surface area contributed by atoms with E-state index in [9.17, 15) is 13.6 Å². The van der Waals surface area contributed by atoms with Crippen molar-refractivity contribution in [3.8, 4) is 0 Å². The number of alkyl halides is 2. The normalized spacial score (nSPS) is 21.1. The first kappa shape index (κ1) is 8.43. The van der Waals surface area contributed by atoms with Gasteiger partial charge in [0.25, 0.3) is 5.91 Å². The smallest absolute Gasteiger partial charge is 0.321 e. The summed E-state index contributed by atoms with van der Waals surface area (Å²) in [5.41, 5.74) is -0.351. The molecular weight excluding hydrogens is 152 g/mol. The van der Waals surface area contributed by atoms with Gasteiger partial charge in [-0.2, -0.15) is 8.78 Å². The van der Waals surface area contributed by atoms with E-state index in [1.807, 2.05) is 0 Å². The van der Waals surface area contributed by atoms with Crippen LogP contribution in [-0.2, 0) is 4.79 Å². The lowest BCUT2D eigenvalue weighted by molar-refractivity contribution is -0.144. The lowest BCUT2D eigenvalue weighted by atomic mass is 10.3. The van der Waals surface area contributed by atoms with Crippen molar-refractivity contribution in [3.05, 3.63) is 0 Å². The van der Waals surface area contributed by atoms with Gasteiger partial charge in [0, 0.05) is 12.5 Å². The molecule has 1 aliphatic rings. The first-order chi connectivity index (χ1) is 4.83. The van der Waals surface area contributed by atoms with Crippen molar-refractivity contribution < 1.29 is 13.6 Å². The highest BCUT2D eigenvalue weighted by molar-refractivity contribution is 5.83. The molecule has 0 atom stereocenters. The van der Waals surface area contributed by atoms with E-state index in [1.165, 1.54) is 0 Å². The molecule has 2 nitrogen and oxygen atoms in total. The highest BCUT2D eigenvalue weighted by Crippen LogP contribution is 2.35. The highest BCUT2D eigenvalue weighted by atomic mass is 19.3. The van der Waals surface area contributed by atoms with Gasteiger partial charge < -0.3 is 5.32 Å². The molecule has 0 aromatic carbocycles. The van der Waals surface area contributed by atoms with E-state index in [2.05, 4.69) is 5.32 Å². The van der Waals surface area contributed by atoms with Gasteiger partial charge in [0.05, 0.1) is 0 Å². The molecule has 0 radical (unpaired) electrons. The van der Waals surface area contributed by atoms with Crippen molar-refractivity contribution in [2.45, 2.75) is 38.2 Å². The molecule has 1 amide bonds. The molecular formula is C7H11F2NO. The van der Waals surface area contributed by atoms with Gasteiger partial charge in [-0.15, -0.1) is 0 Å². The fourth-order valence-electron chi connectivity index (χ4n) is 0.696. The zero-order chi connectivity index (χ0) is 8.70. The van der Waals surface area contributed by atoms with Gasteiger partial charge in [-0.3, -0.25) is 4.79 Å². The van der Waals surface area contributed by atoms with Crippen LogP contribution in [0.25, 0.3) is 0 Å². The van der Waals surface area contributed by atoms with Crippen LogP contribution in [0.2, 0.25) is 0 Å². The Balaban J connectivity index is 2.44. The van der Waals surface area contributed by atoms with Gasteiger partial charge in [0.2, 0.25) is 0 Å². The van der Waals surface area contributed by atoms with Gasteiger partial charge in [0.1, 0.15) is 0 Å². The Labute approximate surface area is 64.0 Å². The van der Waals surface area contributed by atoms with Gasteiger partial charge in [-0.1, -0.05) is 0 Å². The molecule has 0 bridgehead atoms. The van der Waals surface area contributed by atoms with E-state index in [0.29, 0.717) is 6.92 Å². The Bertz CT molecular complexity index is 181. The Hall–Kier alpha value is -0.670. The molecule has 0 aromatic heterocycles. The van der Waals surface area contributed by atoms with Crippen LogP contribution >= 0.6 is 0 Å². The van der Waals surface area contributed by atoms with Gasteiger partial charge in [-0.25, -0.2) is 0 Å². The Morgan fingerprint density at radius 3 is 2.27 bits per heavy atom. The number of nitrogens with one attached hydrogen (secondary N) is 1. The zero-order valence-corrected chi connectivity index (χ0v) is 6.58. The fraction of sp³-hybridized carbons (Fsp3) is 0.857. The third kappa shape index (κ3) is 2.13. The molecule has 1 rings (SSSR count). The SMILES string of the molecule is CC1(NC(=O)C(C)(F)F)CC1. The Morgan fingerprint density at radius 1 is 1.55 bits per heavy atom. The van der Waals surface area contributed by atoms with Crippen LogP contribution in [0.3, 0.4) is 0 Å². The van der Waals surface area contributed by atoms with Crippen molar-refractivity contribution >= 4 is 5.91 Å². The standard InChI is InChI=1S/C7H11F2NO/c1-6(3-4-6)10-5(11)7(2,8)9/h3-4H2,1-2H3,(H,10,11). The number of hydrogen-bond donors (Lipinski definition) is 1. The van der Waals surface area contributed by atoms with E-state index in [1.54, 1.807) is 6.92 Å². The Morgan fingerprint density at radius 2 is 2.00 bits per heavy atom. The molecule has 0 spiro atoms. The molecule has 1 saturated carbocycles. The largest absolute Gasteiger partial charge is 0.346 e. The molecule has 0 heterocycles. The molecule has 1 fully saturated rings. The fourth-order valence-corrected chi connectivity index (χ4v) is 0.696. The minimum atomic E-state index is -3.24. The quantitative estimate of drug-likeness (QED) is 0.653. The summed E-state index contributed by atoms with van der Waals surface area (Å²) in [6, 6.07) is 0. The number of carbonyl (C=O) groups excluding carboxylic acids is 1. The minimum absolute atomic E-state index is 0.351. The van der Waals surface area contributed by atoms with Crippen molar-refractivity contribution in [3.63, 3.8) is 0 Å². The van der Waals surface area contributed by atoms with Crippen LogP contribution in [0.1, 0.15) is 26.7 Å². The lowest BCUT2D eigenvalue weighted by Gasteiger charge is -2.15. The maximum atomic E-state index is 12.3. The van der Waals surface area contributed by atoms with E-state index in [-0.39, 0.29) is 5.54 Å². The molecule has 4 heteroatoms. The average Bonchev–Trinajstić information content (AvgIpc) is 2.45. The number of hydrogen-bond acceptors (Lipinski definition) is 1. The van der Waals surface area contributed by atoms with E-state index >= 15 is 0 Å². The topological polar surface area (TPSA) is 29.1 Å². The van der Waals surface area contributed by atoms with Gasteiger partial charge >= 0.3 is 5.92 Å². The molecule has 11 heavy (non-hydrogen) atoms. The molecule has 1 N–H and O–H groups in total. The van der Waals surface area contributed by atoms with Crippen molar-refractivity contribution in [1.82, 2.24) is 5.32 Å². The van der Waals surface area contributed by atoms with Crippen LogP contribution in [0, 0.1) is 0 Å².